The first kappa shape index (κ1) is 14.8. The highest BCUT2D eigenvalue weighted by Gasteiger charge is 2.29. The molecule has 0 saturated heterocycles. The highest BCUT2D eigenvalue weighted by Crippen LogP contribution is 2.29. The van der Waals surface area contributed by atoms with E-state index in [1.807, 2.05) is 20.8 Å². The molecule has 1 aromatic heterocycles. The van der Waals surface area contributed by atoms with E-state index in [2.05, 4.69) is 0 Å². The summed E-state index contributed by atoms with van der Waals surface area (Å²) in [5.74, 6) is -0.312. The van der Waals surface area contributed by atoms with Crippen LogP contribution < -0.4 is 0 Å². The fraction of sp³-hybridized carbons (Fsp3) is 0.571. The molecule has 1 aliphatic heterocycles. The number of rotatable bonds is 1. The zero-order valence-electron chi connectivity index (χ0n) is 12.2. The minimum absolute atomic E-state index is 0.309. The van der Waals surface area contributed by atoms with Crippen molar-refractivity contribution >= 4 is 23.4 Å². The van der Waals surface area contributed by atoms with Crippen molar-refractivity contribution in [2.24, 2.45) is 0 Å². The van der Waals surface area contributed by atoms with Gasteiger partial charge in [0.15, 0.2) is 0 Å². The van der Waals surface area contributed by atoms with Gasteiger partial charge in [-0.2, -0.15) is 0 Å². The maximum atomic E-state index is 12.0. The van der Waals surface area contributed by atoms with E-state index < -0.39 is 5.60 Å². The van der Waals surface area contributed by atoms with Gasteiger partial charge in [0.2, 0.25) is 0 Å². The fourth-order valence-electron chi connectivity index (χ4n) is 2.09. The molecule has 1 amide bonds. The lowest BCUT2D eigenvalue weighted by Gasteiger charge is -2.30. The number of amides is 1. The van der Waals surface area contributed by atoms with Crippen molar-refractivity contribution in [1.29, 1.82) is 0 Å². The van der Waals surface area contributed by atoms with Crippen LogP contribution >= 0.6 is 11.3 Å². The first-order valence-corrected chi connectivity index (χ1v) is 7.35. The minimum atomic E-state index is -0.496. The molecule has 110 valence electrons. The fourth-order valence-corrected chi connectivity index (χ4v) is 3.18. The van der Waals surface area contributed by atoms with Gasteiger partial charge in [-0.15, -0.1) is 11.3 Å². The van der Waals surface area contributed by atoms with Crippen molar-refractivity contribution in [1.82, 2.24) is 4.90 Å². The summed E-state index contributed by atoms with van der Waals surface area (Å²) in [6.07, 6.45) is 0.346. The van der Waals surface area contributed by atoms with Crippen molar-refractivity contribution in [3.63, 3.8) is 0 Å². The number of methoxy groups -OCH3 is 1. The molecule has 6 heteroatoms. The summed E-state index contributed by atoms with van der Waals surface area (Å²) >= 11 is 1.48. The summed E-state index contributed by atoms with van der Waals surface area (Å²) in [5.41, 5.74) is 1.13. The van der Waals surface area contributed by atoms with Gasteiger partial charge >= 0.3 is 12.1 Å². The summed E-state index contributed by atoms with van der Waals surface area (Å²) in [4.78, 5) is 26.4. The first-order valence-electron chi connectivity index (χ1n) is 6.47. The molecule has 0 aromatic carbocycles. The van der Waals surface area contributed by atoms with E-state index in [0.29, 0.717) is 25.1 Å². The van der Waals surface area contributed by atoms with Crippen LogP contribution in [0.3, 0.4) is 0 Å². The normalized spacial score (nSPS) is 14.7. The molecule has 0 fully saturated rings. The van der Waals surface area contributed by atoms with E-state index in [-0.39, 0.29) is 12.1 Å². The number of esters is 1. The summed E-state index contributed by atoms with van der Waals surface area (Å²) in [6.45, 7) is 6.59. The van der Waals surface area contributed by atoms with Gasteiger partial charge in [0.05, 0.1) is 19.2 Å². The number of thiophene rings is 1. The zero-order valence-corrected chi connectivity index (χ0v) is 13.0. The van der Waals surface area contributed by atoms with Gasteiger partial charge in [-0.1, -0.05) is 0 Å². The largest absolute Gasteiger partial charge is 0.465 e. The number of nitrogens with zero attached hydrogens (tertiary/aromatic N) is 1. The standard InChI is InChI=1S/C14H19NO4S/c1-14(2,3)19-13(17)15-6-5-9-10(12(16)18-4)8-20-11(9)7-15/h8H,5-7H2,1-4H3. The second-order valence-electron chi connectivity index (χ2n) is 5.69. The molecule has 2 rings (SSSR count). The van der Waals surface area contributed by atoms with Crippen LogP contribution in [0, 0.1) is 0 Å². The molecule has 0 saturated carbocycles. The lowest BCUT2D eigenvalue weighted by molar-refractivity contribution is 0.0226. The predicted molar refractivity (Wildman–Crippen MR) is 76.0 cm³/mol. The van der Waals surface area contributed by atoms with Crippen molar-refractivity contribution in [2.75, 3.05) is 13.7 Å². The van der Waals surface area contributed by atoms with E-state index in [1.165, 1.54) is 18.4 Å². The van der Waals surface area contributed by atoms with Gasteiger partial charge in [0, 0.05) is 16.8 Å². The van der Waals surface area contributed by atoms with Gasteiger partial charge < -0.3 is 14.4 Å². The summed E-state index contributed by atoms with van der Waals surface area (Å²) in [6, 6.07) is 0. The van der Waals surface area contributed by atoms with E-state index in [4.69, 9.17) is 9.47 Å². The third-order valence-electron chi connectivity index (χ3n) is 3.00. The summed E-state index contributed by atoms with van der Waals surface area (Å²) in [5, 5.41) is 1.80. The van der Waals surface area contributed by atoms with Crippen LogP contribution in [0.2, 0.25) is 0 Å². The lowest BCUT2D eigenvalue weighted by atomic mass is 10.0. The second-order valence-corrected chi connectivity index (χ2v) is 6.66. The van der Waals surface area contributed by atoms with Crippen molar-refractivity contribution < 1.29 is 19.1 Å². The highest BCUT2D eigenvalue weighted by atomic mass is 32.1. The predicted octanol–water partition coefficient (Wildman–Crippen LogP) is 2.83. The highest BCUT2D eigenvalue weighted by molar-refractivity contribution is 7.10. The Morgan fingerprint density at radius 3 is 2.65 bits per heavy atom. The van der Waals surface area contributed by atoms with Crippen LogP contribution in [0.4, 0.5) is 4.79 Å². The minimum Gasteiger partial charge on any atom is -0.465 e. The number of hydrogen-bond acceptors (Lipinski definition) is 5. The summed E-state index contributed by atoms with van der Waals surface area (Å²) in [7, 11) is 1.38. The maximum absolute atomic E-state index is 12.0. The Labute approximate surface area is 122 Å². The van der Waals surface area contributed by atoms with Gasteiger partial charge in [-0.05, 0) is 32.8 Å². The Bertz CT molecular complexity index is 530. The van der Waals surface area contributed by atoms with Crippen LogP contribution in [0.5, 0.6) is 0 Å². The molecular formula is C14H19NO4S. The van der Waals surface area contributed by atoms with Crippen LogP contribution in [-0.4, -0.2) is 36.2 Å². The monoisotopic (exact) mass is 297 g/mol. The van der Waals surface area contributed by atoms with Crippen molar-refractivity contribution in [2.45, 2.75) is 39.3 Å². The molecular weight excluding hydrogens is 278 g/mol. The molecule has 0 bridgehead atoms. The Morgan fingerprint density at radius 1 is 1.35 bits per heavy atom. The van der Waals surface area contributed by atoms with Crippen molar-refractivity contribution in [3.8, 4) is 0 Å². The topological polar surface area (TPSA) is 55.8 Å². The van der Waals surface area contributed by atoms with Crippen LogP contribution in [0.15, 0.2) is 5.38 Å². The Morgan fingerprint density at radius 2 is 2.05 bits per heavy atom. The molecule has 20 heavy (non-hydrogen) atoms. The van der Waals surface area contributed by atoms with Crippen molar-refractivity contribution in [3.05, 3.63) is 21.4 Å². The van der Waals surface area contributed by atoms with E-state index in [1.54, 1.807) is 10.3 Å². The second kappa shape index (κ2) is 5.44. The maximum Gasteiger partial charge on any atom is 0.410 e. The van der Waals surface area contributed by atoms with Crippen LogP contribution in [-0.2, 0) is 22.4 Å². The van der Waals surface area contributed by atoms with E-state index in [9.17, 15) is 9.59 Å². The molecule has 0 atom stereocenters. The summed E-state index contributed by atoms with van der Waals surface area (Å²) < 4.78 is 10.1. The Balaban J connectivity index is 2.11. The van der Waals surface area contributed by atoms with Gasteiger partial charge in [-0.25, -0.2) is 9.59 Å². The Kier molecular flexibility index (Phi) is 4.04. The Hall–Kier alpha value is -1.56. The zero-order chi connectivity index (χ0) is 14.9. The molecule has 0 spiro atoms. The molecule has 1 aromatic rings. The third kappa shape index (κ3) is 3.12. The van der Waals surface area contributed by atoms with Crippen LogP contribution in [0.1, 0.15) is 41.6 Å². The van der Waals surface area contributed by atoms with E-state index >= 15 is 0 Å². The van der Waals surface area contributed by atoms with Gasteiger partial charge in [0.25, 0.3) is 0 Å². The number of fused-ring (bicyclic) bond motifs is 1. The number of carbonyl (C=O) groups excluding carboxylic acids is 2. The first-order chi connectivity index (χ1) is 9.31. The molecule has 5 nitrogen and oxygen atoms in total. The quantitative estimate of drug-likeness (QED) is 0.748. The van der Waals surface area contributed by atoms with E-state index in [0.717, 1.165) is 10.4 Å². The number of carbonyl (C=O) groups is 2. The van der Waals surface area contributed by atoms with Gasteiger partial charge in [-0.3, -0.25) is 0 Å². The molecule has 0 unspecified atom stereocenters. The average Bonchev–Trinajstić information content (AvgIpc) is 2.78. The molecule has 2 heterocycles. The van der Waals surface area contributed by atoms with Gasteiger partial charge in [0.1, 0.15) is 5.60 Å². The molecule has 0 aliphatic carbocycles. The number of ether oxygens (including phenoxy) is 2. The number of hydrogen-bond donors (Lipinski definition) is 0. The lowest BCUT2D eigenvalue weighted by Crippen LogP contribution is -2.39. The molecule has 0 radical (unpaired) electrons. The molecule has 0 N–H and O–H groups in total. The smallest absolute Gasteiger partial charge is 0.410 e. The average molecular weight is 297 g/mol. The third-order valence-corrected chi connectivity index (χ3v) is 4.02. The SMILES string of the molecule is COC(=O)c1csc2c1CCN(C(=O)OC(C)(C)C)C2. The molecule has 1 aliphatic rings. The van der Waals surface area contributed by atoms with Crippen LogP contribution in [0.25, 0.3) is 0 Å².